The van der Waals surface area contributed by atoms with Crippen LogP contribution >= 0.6 is 0 Å². The largest absolute Gasteiger partial charge is 0.351 e. The van der Waals surface area contributed by atoms with Gasteiger partial charge in [-0.25, -0.2) is 13.8 Å². The van der Waals surface area contributed by atoms with Crippen LogP contribution < -0.4 is 5.32 Å². The van der Waals surface area contributed by atoms with Gasteiger partial charge in [0.25, 0.3) is 5.91 Å². The summed E-state index contributed by atoms with van der Waals surface area (Å²) in [6.45, 7) is 2.28. The van der Waals surface area contributed by atoms with Gasteiger partial charge < -0.3 is 9.88 Å². The van der Waals surface area contributed by atoms with E-state index in [1.54, 1.807) is 6.92 Å². The quantitative estimate of drug-likeness (QED) is 0.918. The molecule has 2 aromatic rings. The number of nitrogens with zero attached hydrogens (tertiary/aromatic N) is 2. The van der Waals surface area contributed by atoms with Crippen molar-refractivity contribution in [1.82, 2.24) is 14.9 Å². The molecule has 1 aromatic carbocycles. The van der Waals surface area contributed by atoms with Gasteiger partial charge in [-0.2, -0.15) is 0 Å². The second-order valence-electron chi connectivity index (χ2n) is 3.99. The van der Waals surface area contributed by atoms with Gasteiger partial charge in [0.05, 0.1) is 12.9 Å². The van der Waals surface area contributed by atoms with Crippen LogP contribution in [-0.4, -0.2) is 22.0 Å². The van der Waals surface area contributed by atoms with Crippen molar-refractivity contribution in [2.24, 2.45) is 0 Å². The fraction of sp³-hybridized carbons (Fsp3) is 0.231. The summed E-state index contributed by atoms with van der Waals surface area (Å²) >= 11 is 0. The maximum absolute atomic E-state index is 13.5. The number of hydrogen-bond acceptors (Lipinski definition) is 2. The Balaban J connectivity index is 2.18. The summed E-state index contributed by atoms with van der Waals surface area (Å²) in [5.41, 5.74) is 0.168. The molecule has 0 unspecified atom stereocenters. The molecule has 6 heteroatoms. The molecule has 0 aliphatic rings. The van der Waals surface area contributed by atoms with Crippen LogP contribution in [-0.2, 0) is 6.54 Å². The van der Waals surface area contributed by atoms with E-state index in [9.17, 15) is 13.6 Å². The van der Waals surface area contributed by atoms with E-state index in [1.165, 1.54) is 35.3 Å². The predicted octanol–water partition coefficient (Wildman–Crippen LogP) is 1.96. The van der Waals surface area contributed by atoms with E-state index in [-0.39, 0.29) is 23.7 Å². The molecular formula is C13H13F2N3O. The third-order valence-corrected chi connectivity index (χ3v) is 2.61. The first kappa shape index (κ1) is 13.2. The molecule has 2 rings (SSSR count). The third kappa shape index (κ3) is 2.96. The molecule has 0 saturated heterocycles. The molecular weight excluding hydrogens is 252 g/mol. The van der Waals surface area contributed by atoms with Crippen molar-refractivity contribution < 1.29 is 13.6 Å². The minimum Gasteiger partial charge on any atom is -0.351 e. The maximum Gasteiger partial charge on any atom is 0.271 e. The molecule has 0 aliphatic heterocycles. The van der Waals surface area contributed by atoms with Gasteiger partial charge in [-0.05, 0) is 19.1 Å². The summed E-state index contributed by atoms with van der Waals surface area (Å²) in [6, 6.07) is 3.70. The third-order valence-electron chi connectivity index (χ3n) is 2.61. The Hall–Kier alpha value is -2.24. The highest BCUT2D eigenvalue weighted by atomic mass is 19.1. The van der Waals surface area contributed by atoms with Gasteiger partial charge in [-0.15, -0.1) is 0 Å². The number of halogens is 2. The van der Waals surface area contributed by atoms with Crippen LogP contribution in [0.3, 0.4) is 0 Å². The monoisotopic (exact) mass is 265 g/mol. The molecule has 0 bridgehead atoms. The Morgan fingerprint density at radius 3 is 2.68 bits per heavy atom. The number of hydrogen-bond donors (Lipinski definition) is 1. The Morgan fingerprint density at radius 1 is 1.37 bits per heavy atom. The zero-order valence-corrected chi connectivity index (χ0v) is 10.4. The molecule has 0 aliphatic carbocycles. The maximum atomic E-state index is 13.5. The van der Waals surface area contributed by atoms with Gasteiger partial charge in [0.2, 0.25) is 0 Å². The summed E-state index contributed by atoms with van der Waals surface area (Å²) < 4.78 is 28.4. The number of nitrogens with one attached hydrogen (secondary N) is 1. The molecule has 0 radical (unpaired) electrons. The zero-order valence-electron chi connectivity index (χ0n) is 10.4. The minimum atomic E-state index is -0.617. The number of imidazole rings is 1. The number of rotatable bonds is 4. The van der Waals surface area contributed by atoms with Crippen molar-refractivity contribution in [2.45, 2.75) is 13.5 Å². The molecule has 1 heterocycles. The first-order valence-corrected chi connectivity index (χ1v) is 5.84. The molecule has 1 N–H and O–H groups in total. The topological polar surface area (TPSA) is 46.9 Å². The molecule has 0 atom stereocenters. The summed E-state index contributed by atoms with van der Waals surface area (Å²) in [5, 5.41) is 2.60. The van der Waals surface area contributed by atoms with Crippen molar-refractivity contribution in [3.8, 4) is 0 Å². The van der Waals surface area contributed by atoms with Crippen molar-refractivity contribution in [3.05, 3.63) is 53.6 Å². The van der Waals surface area contributed by atoms with Crippen molar-refractivity contribution in [2.75, 3.05) is 6.54 Å². The molecule has 1 aromatic heterocycles. The van der Waals surface area contributed by atoms with Crippen molar-refractivity contribution in [3.63, 3.8) is 0 Å². The lowest BCUT2D eigenvalue weighted by molar-refractivity contribution is 0.0951. The lowest BCUT2D eigenvalue weighted by atomic mass is 10.2. The van der Waals surface area contributed by atoms with E-state index in [1.807, 2.05) is 0 Å². The van der Waals surface area contributed by atoms with Gasteiger partial charge in [-0.3, -0.25) is 4.79 Å². The van der Waals surface area contributed by atoms with Gasteiger partial charge in [0, 0.05) is 18.3 Å². The second-order valence-corrected chi connectivity index (χ2v) is 3.99. The number of amides is 1. The first-order valence-electron chi connectivity index (χ1n) is 5.84. The summed E-state index contributed by atoms with van der Waals surface area (Å²) in [6.07, 6.45) is 2.83. The van der Waals surface area contributed by atoms with Crippen LogP contribution in [0.2, 0.25) is 0 Å². The smallest absolute Gasteiger partial charge is 0.271 e. The molecule has 4 nitrogen and oxygen atoms in total. The highest BCUT2D eigenvalue weighted by Crippen LogP contribution is 2.13. The second kappa shape index (κ2) is 5.60. The number of benzene rings is 1. The summed E-state index contributed by atoms with van der Waals surface area (Å²) in [7, 11) is 0. The van der Waals surface area contributed by atoms with Crippen LogP contribution in [0, 0.1) is 11.6 Å². The Labute approximate surface area is 109 Å². The SMILES string of the molecule is CCNC(=O)c1cn(Cc2c(F)cccc2F)cn1. The van der Waals surface area contributed by atoms with Gasteiger partial charge in [0.1, 0.15) is 17.3 Å². The Bertz CT molecular complexity index is 575. The minimum absolute atomic E-state index is 0.00902. The molecule has 0 saturated carbocycles. The highest BCUT2D eigenvalue weighted by molar-refractivity contribution is 5.91. The molecule has 1 amide bonds. The van der Waals surface area contributed by atoms with Crippen molar-refractivity contribution in [1.29, 1.82) is 0 Å². The summed E-state index contributed by atoms with van der Waals surface area (Å²) in [4.78, 5) is 15.4. The standard InChI is InChI=1S/C13H13F2N3O/c1-2-16-13(19)12-7-18(8-17-12)6-9-10(14)4-3-5-11(9)15/h3-5,7-8H,2,6H2,1H3,(H,16,19). The lowest BCUT2D eigenvalue weighted by Gasteiger charge is -2.05. The van der Waals surface area contributed by atoms with E-state index < -0.39 is 11.6 Å². The normalized spacial score (nSPS) is 10.5. The lowest BCUT2D eigenvalue weighted by Crippen LogP contribution is -2.22. The average molecular weight is 265 g/mol. The Kier molecular flexibility index (Phi) is 3.89. The summed E-state index contributed by atoms with van der Waals surface area (Å²) in [5.74, 6) is -1.54. The van der Waals surface area contributed by atoms with Gasteiger partial charge in [-0.1, -0.05) is 6.07 Å². The fourth-order valence-electron chi connectivity index (χ4n) is 1.68. The number of carbonyl (C=O) groups excluding carboxylic acids is 1. The van der Waals surface area contributed by atoms with Crippen LogP contribution in [0.25, 0.3) is 0 Å². The Morgan fingerprint density at radius 2 is 2.05 bits per heavy atom. The highest BCUT2D eigenvalue weighted by Gasteiger charge is 2.11. The number of carbonyl (C=O) groups is 1. The number of aromatic nitrogens is 2. The molecule has 0 spiro atoms. The van der Waals surface area contributed by atoms with Crippen molar-refractivity contribution >= 4 is 5.91 Å². The zero-order chi connectivity index (χ0) is 13.8. The van der Waals surface area contributed by atoms with E-state index in [0.29, 0.717) is 6.54 Å². The van der Waals surface area contributed by atoms with Crippen LogP contribution in [0.1, 0.15) is 23.0 Å². The van der Waals surface area contributed by atoms with Gasteiger partial charge >= 0.3 is 0 Å². The van der Waals surface area contributed by atoms with E-state index in [0.717, 1.165) is 0 Å². The fourth-order valence-corrected chi connectivity index (χ4v) is 1.68. The molecule has 19 heavy (non-hydrogen) atoms. The van der Waals surface area contributed by atoms with E-state index in [4.69, 9.17) is 0 Å². The van der Waals surface area contributed by atoms with E-state index in [2.05, 4.69) is 10.3 Å². The molecule has 0 fully saturated rings. The van der Waals surface area contributed by atoms with Crippen LogP contribution in [0.15, 0.2) is 30.7 Å². The molecule has 100 valence electrons. The van der Waals surface area contributed by atoms with E-state index >= 15 is 0 Å². The van der Waals surface area contributed by atoms with Gasteiger partial charge in [0.15, 0.2) is 0 Å². The first-order chi connectivity index (χ1) is 9.11. The van der Waals surface area contributed by atoms with Crippen LogP contribution in [0.4, 0.5) is 8.78 Å². The average Bonchev–Trinajstić information content (AvgIpc) is 2.83. The van der Waals surface area contributed by atoms with Crippen LogP contribution in [0.5, 0.6) is 0 Å². The predicted molar refractivity (Wildman–Crippen MR) is 65.7 cm³/mol.